The minimum atomic E-state index is -0.478. The zero-order valence-electron chi connectivity index (χ0n) is 10.1. The van der Waals surface area contributed by atoms with Crippen LogP contribution < -0.4 is 5.32 Å². The van der Waals surface area contributed by atoms with Gasteiger partial charge in [-0.25, -0.2) is 4.79 Å². The number of carbonyl (C=O) groups excluding carboxylic acids is 2. The highest BCUT2D eigenvalue weighted by Gasteiger charge is 2.43. The first-order valence-electron chi connectivity index (χ1n) is 6.26. The van der Waals surface area contributed by atoms with Gasteiger partial charge in [0.2, 0.25) is 5.91 Å². The molecular formula is C12H19NO4. The Balaban J connectivity index is 2.02. The number of rotatable bonds is 3. The fourth-order valence-corrected chi connectivity index (χ4v) is 2.68. The summed E-state index contributed by atoms with van der Waals surface area (Å²) in [6.45, 7) is 3.55. The maximum absolute atomic E-state index is 11.8. The van der Waals surface area contributed by atoms with Gasteiger partial charge in [0.25, 0.3) is 0 Å². The molecule has 0 bridgehead atoms. The smallest absolute Gasteiger partial charge is 0.328 e. The molecule has 2 saturated heterocycles. The zero-order chi connectivity index (χ0) is 12.3. The highest BCUT2D eigenvalue weighted by Crippen LogP contribution is 2.31. The van der Waals surface area contributed by atoms with E-state index in [1.54, 1.807) is 6.92 Å². The maximum atomic E-state index is 11.8. The molecule has 0 aliphatic carbocycles. The van der Waals surface area contributed by atoms with Crippen LogP contribution in [0, 0.1) is 11.8 Å². The van der Waals surface area contributed by atoms with Crippen molar-refractivity contribution in [2.24, 2.45) is 11.8 Å². The van der Waals surface area contributed by atoms with Crippen molar-refractivity contribution in [1.29, 1.82) is 0 Å². The van der Waals surface area contributed by atoms with Crippen LogP contribution >= 0.6 is 0 Å². The Morgan fingerprint density at radius 1 is 1.59 bits per heavy atom. The van der Waals surface area contributed by atoms with E-state index in [1.165, 1.54) is 0 Å². The lowest BCUT2D eigenvalue weighted by molar-refractivity contribution is -0.147. The molecule has 3 unspecified atom stereocenters. The van der Waals surface area contributed by atoms with Crippen molar-refractivity contribution in [2.75, 3.05) is 19.8 Å². The topological polar surface area (TPSA) is 64.6 Å². The first-order chi connectivity index (χ1) is 8.22. The number of esters is 1. The minimum absolute atomic E-state index is 0.0295. The standard InChI is InChI=1S/C12H19NO4/c1-2-17-12(15)11-9(6-10(14)13-11)8-4-3-5-16-7-8/h8-9,11H,2-7H2,1H3,(H,13,14). The molecule has 96 valence electrons. The van der Waals surface area contributed by atoms with E-state index in [4.69, 9.17) is 9.47 Å². The van der Waals surface area contributed by atoms with E-state index in [2.05, 4.69) is 5.32 Å². The molecule has 0 spiro atoms. The number of hydrogen-bond donors (Lipinski definition) is 1. The Labute approximate surface area is 101 Å². The predicted octanol–water partition coefficient (Wildman–Crippen LogP) is 0.481. The summed E-state index contributed by atoms with van der Waals surface area (Å²) in [5.41, 5.74) is 0. The summed E-state index contributed by atoms with van der Waals surface area (Å²) >= 11 is 0. The van der Waals surface area contributed by atoms with Gasteiger partial charge in [-0.1, -0.05) is 0 Å². The highest BCUT2D eigenvalue weighted by atomic mass is 16.5. The van der Waals surface area contributed by atoms with E-state index in [0.29, 0.717) is 19.6 Å². The van der Waals surface area contributed by atoms with Crippen LogP contribution in [-0.4, -0.2) is 37.7 Å². The van der Waals surface area contributed by atoms with Crippen molar-refractivity contribution >= 4 is 11.9 Å². The van der Waals surface area contributed by atoms with Crippen LogP contribution in [0.2, 0.25) is 0 Å². The van der Waals surface area contributed by atoms with Gasteiger partial charge < -0.3 is 14.8 Å². The third kappa shape index (κ3) is 2.77. The molecule has 0 saturated carbocycles. The zero-order valence-corrected chi connectivity index (χ0v) is 10.1. The van der Waals surface area contributed by atoms with Gasteiger partial charge in [0.05, 0.1) is 6.61 Å². The second kappa shape index (κ2) is 5.49. The summed E-state index contributed by atoms with van der Waals surface area (Å²) in [5.74, 6) is -0.0495. The number of ether oxygens (including phenoxy) is 2. The SMILES string of the molecule is CCOC(=O)C1NC(=O)CC1C1CCCOC1. The summed E-state index contributed by atoms with van der Waals surface area (Å²) in [4.78, 5) is 23.2. The maximum Gasteiger partial charge on any atom is 0.328 e. The first kappa shape index (κ1) is 12.4. The van der Waals surface area contributed by atoms with Crippen molar-refractivity contribution in [3.05, 3.63) is 0 Å². The molecule has 0 aromatic carbocycles. The van der Waals surface area contributed by atoms with Gasteiger partial charge in [0.1, 0.15) is 6.04 Å². The lowest BCUT2D eigenvalue weighted by atomic mass is 9.83. The first-order valence-corrected chi connectivity index (χ1v) is 6.26. The Morgan fingerprint density at radius 2 is 2.41 bits per heavy atom. The van der Waals surface area contributed by atoms with E-state index in [0.717, 1.165) is 19.4 Å². The van der Waals surface area contributed by atoms with E-state index in [9.17, 15) is 9.59 Å². The van der Waals surface area contributed by atoms with Crippen molar-refractivity contribution < 1.29 is 19.1 Å². The average molecular weight is 241 g/mol. The van der Waals surface area contributed by atoms with E-state index < -0.39 is 6.04 Å². The molecule has 2 rings (SSSR count). The molecule has 0 aromatic heterocycles. The van der Waals surface area contributed by atoms with Gasteiger partial charge in [-0.3, -0.25) is 4.79 Å². The largest absolute Gasteiger partial charge is 0.464 e. The Bertz CT molecular complexity index is 299. The fourth-order valence-electron chi connectivity index (χ4n) is 2.68. The summed E-state index contributed by atoms with van der Waals surface area (Å²) in [6.07, 6.45) is 2.44. The summed E-state index contributed by atoms with van der Waals surface area (Å²) in [5, 5.41) is 2.72. The van der Waals surface area contributed by atoms with Crippen molar-refractivity contribution in [3.63, 3.8) is 0 Å². The van der Waals surface area contributed by atoms with Crippen LogP contribution in [-0.2, 0) is 19.1 Å². The molecule has 5 nitrogen and oxygen atoms in total. The second-order valence-corrected chi connectivity index (χ2v) is 4.64. The van der Waals surface area contributed by atoms with Gasteiger partial charge >= 0.3 is 5.97 Å². The predicted molar refractivity (Wildman–Crippen MR) is 60.2 cm³/mol. The van der Waals surface area contributed by atoms with Crippen molar-refractivity contribution in [1.82, 2.24) is 5.32 Å². The van der Waals surface area contributed by atoms with Crippen molar-refractivity contribution in [3.8, 4) is 0 Å². The summed E-state index contributed by atoms with van der Waals surface area (Å²) in [6, 6.07) is -0.478. The molecule has 2 fully saturated rings. The molecular weight excluding hydrogens is 222 g/mol. The number of amides is 1. The molecule has 1 N–H and O–H groups in total. The molecule has 2 aliphatic heterocycles. The third-order valence-electron chi connectivity index (χ3n) is 3.51. The lowest BCUT2D eigenvalue weighted by Crippen LogP contribution is -2.42. The van der Waals surface area contributed by atoms with Gasteiger partial charge in [-0.05, 0) is 25.7 Å². The van der Waals surface area contributed by atoms with Crippen LogP contribution in [0.1, 0.15) is 26.2 Å². The van der Waals surface area contributed by atoms with E-state index in [-0.39, 0.29) is 23.7 Å². The number of nitrogens with one attached hydrogen (secondary N) is 1. The normalized spacial score (nSPS) is 33.2. The van der Waals surface area contributed by atoms with Crippen LogP contribution in [0.25, 0.3) is 0 Å². The Kier molecular flexibility index (Phi) is 3.99. The summed E-state index contributed by atoms with van der Waals surface area (Å²) in [7, 11) is 0. The van der Waals surface area contributed by atoms with Crippen LogP contribution in [0.5, 0.6) is 0 Å². The number of hydrogen-bond acceptors (Lipinski definition) is 4. The van der Waals surface area contributed by atoms with Crippen LogP contribution in [0.4, 0.5) is 0 Å². The third-order valence-corrected chi connectivity index (χ3v) is 3.51. The minimum Gasteiger partial charge on any atom is -0.464 e. The molecule has 0 aromatic rings. The quantitative estimate of drug-likeness (QED) is 0.730. The Hall–Kier alpha value is -1.10. The molecule has 0 radical (unpaired) electrons. The Morgan fingerprint density at radius 3 is 3.06 bits per heavy atom. The van der Waals surface area contributed by atoms with Crippen molar-refractivity contribution in [2.45, 2.75) is 32.2 Å². The van der Waals surface area contributed by atoms with Crippen LogP contribution in [0.3, 0.4) is 0 Å². The lowest BCUT2D eigenvalue weighted by Gasteiger charge is -2.29. The van der Waals surface area contributed by atoms with Gasteiger partial charge in [0.15, 0.2) is 0 Å². The summed E-state index contributed by atoms with van der Waals surface area (Å²) < 4.78 is 10.4. The van der Waals surface area contributed by atoms with Gasteiger partial charge in [-0.15, -0.1) is 0 Å². The van der Waals surface area contributed by atoms with E-state index >= 15 is 0 Å². The molecule has 5 heteroatoms. The molecule has 2 aliphatic rings. The number of carbonyl (C=O) groups is 2. The van der Waals surface area contributed by atoms with Gasteiger partial charge in [0, 0.05) is 25.6 Å². The second-order valence-electron chi connectivity index (χ2n) is 4.64. The highest BCUT2D eigenvalue weighted by molar-refractivity contribution is 5.88. The molecule has 3 atom stereocenters. The molecule has 2 heterocycles. The fraction of sp³-hybridized carbons (Fsp3) is 0.833. The van der Waals surface area contributed by atoms with Crippen LogP contribution in [0.15, 0.2) is 0 Å². The van der Waals surface area contributed by atoms with E-state index in [1.807, 2.05) is 0 Å². The monoisotopic (exact) mass is 241 g/mol. The molecule has 17 heavy (non-hydrogen) atoms. The average Bonchev–Trinajstić information content (AvgIpc) is 2.73. The molecule has 1 amide bonds. The van der Waals surface area contributed by atoms with Gasteiger partial charge in [-0.2, -0.15) is 0 Å².